The van der Waals surface area contributed by atoms with Crippen LogP contribution in [0, 0.1) is 0 Å². The van der Waals surface area contributed by atoms with Crippen molar-refractivity contribution in [3.63, 3.8) is 0 Å². The number of cyclic esters (lactones) is 1. The molecule has 2 heterocycles. The molecule has 0 aromatic heterocycles. The monoisotopic (exact) mass is 441 g/mol. The Labute approximate surface area is 185 Å². The predicted molar refractivity (Wildman–Crippen MR) is 117 cm³/mol. The first kappa shape index (κ1) is 21.3. The number of benzene rings is 2. The molecule has 0 saturated carbocycles. The Bertz CT molecular complexity index is 996. The largest absolute Gasteiger partial charge is 0.453 e. The number of halogens is 1. The lowest BCUT2D eigenvalue weighted by Crippen LogP contribution is -2.38. The summed E-state index contributed by atoms with van der Waals surface area (Å²) in [6.07, 6.45) is 0.374. The number of nitrogens with one attached hydrogen (secondary N) is 1. The van der Waals surface area contributed by atoms with E-state index in [1.165, 1.54) is 0 Å². The molecule has 31 heavy (non-hydrogen) atoms. The van der Waals surface area contributed by atoms with Crippen molar-refractivity contribution < 1.29 is 19.1 Å². The highest BCUT2D eigenvalue weighted by molar-refractivity contribution is 6.33. The zero-order chi connectivity index (χ0) is 21.8. The number of hydrogen-bond acceptors (Lipinski definition) is 5. The minimum absolute atomic E-state index is 0.0446. The second-order valence-electron chi connectivity index (χ2n) is 7.72. The minimum atomic E-state index is -0.531. The van der Waals surface area contributed by atoms with Crippen LogP contribution in [0.4, 0.5) is 5.69 Å². The van der Waals surface area contributed by atoms with E-state index < -0.39 is 6.10 Å². The third-order valence-electron chi connectivity index (χ3n) is 5.59. The van der Waals surface area contributed by atoms with E-state index in [9.17, 15) is 14.4 Å². The molecule has 1 saturated heterocycles. The maximum Gasteiger partial charge on any atom is 0.339 e. The Morgan fingerprint density at radius 2 is 1.81 bits per heavy atom. The molecule has 1 unspecified atom stereocenters. The van der Waals surface area contributed by atoms with Gasteiger partial charge in [0, 0.05) is 31.7 Å². The first-order valence-corrected chi connectivity index (χ1v) is 10.7. The average molecular weight is 442 g/mol. The van der Waals surface area contributed by atoms with Gasteiger partial charge in [0.25, 0.3) is 0 Å². The summed E-state index contributed by atoms with van der Waals surface area (Å²) in [5.41, 5.74) is 1.90. The highest BCUT2D eigenvalue weighted by Crippen LogP contribution is 2.33. The number of anilines is 1. The van der Waals surface area contributed by atoms with Crippen LogP contribution in [0.15, 0.2) is 48.5 Å². The molecular weight excluding hydrogens is 418 g/mol. The van der Waals surface area contributed by atoms with Gasteiger partial charge in [-0.05, 0) is 24.6 Å². The van der Waals surface area contributed by atoms with Gasteiger partial charge in [-0.15, -0.1) is 0 Å². The quantitative estimate of drug-likeness (QED) is 0.721. The molecule has 0 radical (unpaired) electrons. The standard InChI is InChI=1S/C23H24ClN3O4/c24-18-8-3-4-9-19(18)25-21(28)15-26-10-5-11-27(13-12-26)22(29)14-20-16-6-1-2-7-17(16)23(30)31-20/h1-4,6-9,20H,5,10-15H2,(H,25,28). The first-order chi connectivity index (χ1) is 15.0. The summed E-state index contributed by atoms with van der Waals surface area (Å²) >= 11 is 6.10. The second kappa shape index (κ2) is 9.49. The molecule has 2 amide bonds. The van der Waals surface area contributed by atoms with Crippen molar-refractivity contribution in [2.75, 3.05) is 38.0 Å². The van der Waals surface area contributed by atoms with E-state index in [0.29, 0.717) is 35.9 Å². The number of nitrogens with zero attached hydrogens (tertiary/aromatic N) is 2. The van der Waals surface area contributed by atoms with E-state index >= 15 is 0 Å². The van der Waals surface area contributed by atoms with Crippen molar-refractivity contribution in [2.45, 2.75) is 18.9 Å². The normalized spacial score (nSPS) is 18.8. The second-order valence-corrected chi connectivity index (χ2v) is 8.13. The van der Waals surface area contributed by atoms with Gasteiger partial charge in [-0.3, -0.25) is 14.5 Å². The third-order valence-corrected chi connectivity index (χ3v) is 5.92. The van der Waals surface area contributed by atoms with Gasteiger partial charge >= 0.3 is 5.97 Å². The van der Waals surface area contributed by atoms with Gasteiger partial charge in [0.15, 0.2) is 0 Å². The fourth-order valence-electron chi connectivity index (χ4n) is 3.99. The molecule has 1 N–H and O–H groups in total. The number of hydrogen-bond donors (Lipinski definition) is 1. The van der Waals surface area contributed by atoms with Gasteiger partial charge in [-0.2, -0.15) is 0 Å². The van der Waals surface area contributed by atoms with E-state index in [-0.39, 0.29) is 30.7 Å². The summed E-state index contributed by atoms with van der Waals surface area (Å²) in [5.74, 6) is -0.556. The van der Waals surface area contributed by atoms with Crippen LogP contribution in [-0.2, 0) is 14.3 Å². The lowest BCUT2D eigenvalue weighted by atomic mass is 10.0. The molecule has 7 nitrogen and oxygen atoms in total. The molecule has 0 aliphatic carbocycles. The van der Waals surface area contributed by atoms with Crippen molar-refractivity contribution in [3.8, 4) is 0 Å². The van der Waals surface area contributed by atoms with Gasteiger partial charge in [0.1, 0.15) is 6.10 Å². The number of fused-ring (bicyclic) bond motifs is 1. The van der Waals surface area contributed by atoms with Gasteiger partial charge in [0.2, 0.25) is 11.8 Å². The van der Waals surface area contributed by atoms with E-state index in [1.807, 2.05) is 29.2 Å². The summed E-state index contributed by atoms with van der Waals surface area (Å²) in [6.45, 7) is 2.70. The maximum atomic E-state index is 12.9. The molecule has 2 aromatic rings. The van der Waals surface area contributed by atoms with Crippen LogP contribution in [-0.4, -0.2) is 60.3 Å². The molecule has 1 fully saturated rings. The zero-order valence-electron chi connectivity index (χ0n) is 17.1. The summed E-state index contributed by atoms with van der Waals surface area (Å²) in [6, 6.07) is 14.3. The maximum absolute atomic E-state index is 12.9. The Kier molecular flexibility index (Phi) is 6.53. The predicted octanol–water partition coefficient (Wildman–Crippen LogP) is 3.11. The Morgan fingerprint density at radius 1 is 1.03 bits per heavy atom. The molecule has 2 aliphatic heterocycles. The lowest BCUT2D eigenvalue weighted by molar-refractivity contribution is -0.133. The molecule has 2 aromatic carbocycles. The smallest absolute Gasteiger partial charge is 0.339 e. The van der Waals surface area contributed by atoms with Crippen molar-refractivity contribution in [3.05, 3.63) is 64.7 Å². The fraction of sp³-hybridized carbons (Fsp3) is 0.348. The van der Waals surface area contributed by atoms with Crippen LogP contribution in [0.25, 0.3) is 0 Å². The van der Waals surface area contributed by atoms with Crippen molar-refractivity contribution in [1.82, 2.24) is 9.80 Å². The number of para-hydroxylation sites is 1. The first-order valence-electron chi connectivity index (χ1n) is 10.4. The van der Waals surface area contributed by atoms with E-state index in [4.69, 9.17) is 16.3 Å². The molecule has 0 spiro atoms. The third kappa shape index (κ3) is 5.06. The molecular formula is C23H24ClN3O4. The van der Waals surface area contributed by atoms with E-state index in [1.54, 1.807) is 29.2 Å². The van der Waals surface area contributed by atoms with Crippen LogP contribution >= 0.6 is 11.6 Å². The number of carbonyl (C=O) groups is 3. The molecule has 1 atom stereocenters. The van der Waals surface area contributed by atoms with E-state index in [0.717, 1.165) is 18.5 Å². The number of carbonyl (C=O) groups excluding carboxylic acids is 3. The van der Waals surface area contributed by atoms with Crippen LogP contribution < -0.4 is 5.32 Å². The fourth-order valence-corrected chi connectivity index (χ4v) is 4.18. The van der Waals surface area contributed by atoms with Gasteiger partial charge in [-0.1, -0.05) is 41.9 Å². The molecule has 0 bridgehead atoms. The molecule has 8 heteroatoms. The lowest BCUT2D eigenvalue weighted by Gasteiger charge is -2.23. The Balaban J connectivity index is 1.29. The van der Waals surface area contributed by atoms with Crippen molar-refractivity contribution in [2.24, 2.45) is 0 Å². The van der Waals surface area contributed by atoms with Crippen LogP contribution in [0.2, 0.25) is 5.02 Å². The summed E-state index contributed by atoms with van der Waals surface area (Å²) in [7, 11) is 0. The van der Waals surface area contributed by atoms with Crippen LogP contribution in [0.3, 0.4) is 0 Å². The topological polar surface area (TPSA) is 79.0 Å². The summed E-state index contributed by atoms with van der Waals surface area (Å²) < 4.78 is 5.40. The number of amides is 2. The summed E-state index contributed by atoms with van der Waals surface area (Å²) in [4.78, 5) is 41.1. The molecule has 4 rings (SSSR count). The average Bonchev–Trinajstić information content (AvgIpc) is 2.91. The molecule has 2 aliphatic rings. The van der Waals surface area contributed by atoms with Gasteiger partial charge in [-0.25, -0.2) is 4.79 Å². The van der Waals surface area contributed by atoms with Gasteiger partial charge in [0.05, 0.1) is 29.2 Å². The number of rotatable bonds is 5. The number of esters is 1. The highest BCUT2D eigenvalue weighted by atomic mass is 35.5. The summed E-state index contributed by atoms with van der Waals surface area (Å²) in [5, 5.41) is 3.33. The minimum Gasteiger partial charge on any atom is -0.453 e. The SMILES string of the molecule is O=C(CN1CCCN(C(=O)CC2OC(=O)c3ccccc32)CC1)Nc1ccccc1Cl. The Hall–Kier alpha value is -2.90. The highest BCUT2D eigenvalue weighted by Gasteiger charge is 2.33. The van der Waals surface area contributed by atoms with Crippen molar-refractivity contribution >= 4 is 35.1 Å². The van der Waals surface area contributed by atoms with Crippen LogP contribution in [0.1, 0.15) is 34.9 Å². The number of ether oxygens (including phenoxy) is 1. The Morgan fingerprint density at radius 3 is 2.65 bits per heavy atom. The molecule has 162 valence electrons. The zero-order valence-corrected chi connectivity index (χ0v) is 17.8. The van der Waals surface area contributed by atoms with E-state index in [2.05, 4.69) is 5.32 Å². The van der Waals surface area contributed by atoms with Crippen LogP contribution in [0.5, 0.6) is 0 Å². The van der Waals surface area contributed by atoms with Crippen molar-refractivity contribution in [1.29, 1.82) is 0 Å². The van der Waals surface area contributed by atoms with Gasteiger partial charge < -0.3 is 15.0 Å².